The average Bonchev–Trinajstić information content (AvgIpc) is 2.55. The van der Waals surface area contributed by atoms with Crippen molar-refractivity contribution in [2.75, 3.05) is 6.54 Å². The van der Waals surface area contributed by atoms with Gasteiger partial charge in [-0.1, -0.05) is 29.8 Å². The van der Waals surface area contributed by atoms with Gasteiger partial charge < -0.3 is 4.98 Å². The lowest BCUT2D eigenvalue weighted by molar-refractivity contribution is 0.581. The summed E-state index contributed by atoms with van der Waals surface area (Å²) in [6, 6.07) is 12.9. The topological polar surface area (TPSA) is 79.0 Å². The first kappa shape index (κ1) is 18.4. The van der Waals surface area contributed by atoms with Gasteiger partial charge in [0.15, 0.2) is 0 Å². The average molecular weight is 370 g/mol. The molecule has 3 aromatic rings. The number of pyridine rings is 1. The van der Waals surface area contributed by atoms with Gasteiger partial charge >= 0.3 is 0 Å². The molecule has 26 heavy (non-hydrogen) atoms. The molecule has 1 heterocycles. The van der Waals surface area contributed by atoms with Gasteiger partial charge in [0.25, 0.3) is 5.56 Å². The third-order valence-electron chi connectivity index (χ3n) is 4.38. The highest BCUT2D eigenvalue weighted by molar-refractivity contribution is 7.89. The van der Waals surface area contributed by atoms with E-state index in [1.54, 1.807) is 19.1 Å². The number of aromatic nitrogens is 1. The van der Waals surface area contributed by atoms with E-state index in [2.05, 4.69) is 9.71 Å². The number of fused-ring (bicyclic) bond motifs is 1. The normalized spacial score (nSPS) is 11.8. The van der Waals surface area contributed by atoms with E-state index >= 15 is 0 Å². The lowest BCUT2D eigenvalue weighted by atomic mass is 10.1. The summed E-state index contributed by atoms with van der Waals surface area (Å²) in [6.07, 6.45) is 0.323. The summed E-state index contributed by atoms with van der Waals surface area (Å²) in [5.74, 6) is 0. The Bertz CT molecular complexity index is 1130. The van der Waals surface area contributed by atoms with Crippen LogP contribution in [0.2, 0.25) is 0 Å². The fourth-order valence-electron chi connectivity index (χ4n) is 3.04. The van der Waals surface area contributed by atoms with E-state index in [-0.39, 0.29) is 17.0 Å². The zero-order valence-corrected chi connectivity index (χ0v) is 15.9. The smallest absolute Gasteiger partial charge is 0.251 e. The number of aromatic amines is 1. The molecule has 5 nitrogen and oxygen atoms in total. The van der Waals surface area contributed by atoms with Crippen LogP contribution in [-0.2, 0) is 16.4 Å². The second-order valence-corrected chi connectivity index (χ2v) is 8.37. The Hall–Kier alpha value is -2.44. The molecule has 0 bridgehead atoms. The van der Waals surface area contributed by atoms with Gasteiger partial charge in [-0.25, -0.2) is 13.1 Å². The van der Waals surface area contributed by atoms with Crippen LogP contribution in [0.4, 0.5) is 0 Å². The summed E-state index contributed by atoms with van der Waals surface area (Å²) < 4.78 is 27.6. The number of H-pyrrole nitrogens is 1. The van der Waals surface area contributed by atoms with Crippen LogP contribution in [0.15, 0.2) is 52.2 Å². The maximum Gasteiger partial charge on any atom is 0.251 e. The lowest BCUT2D eigenvalue weighted by Gasteiger charge is -2.10. The Kier molecular flexibility index (Phi) is 4.98. The summed E-state index contributed by atoms with van der Waals surface area (Å²) in [7, 11) is -3.60. The fourth-order valence-corrected chi connectivity index (χ4v) is 4.30. The van der Waals surface area contributed by atoms with Crippen molar-refractivity contribution in [1.82, 2.24) is 9.71 Å². The molecule has 0 aliphatic carbocycles. The number of benzene rings is 2. The monoisotopic (exact) mass is 370 g/mol. The Morgan fingerprint density at radius 2 is 1.65 bits per heavy atom. The van der Waals surface area contributed by atoms with Crippen LogP contribution in [0.1, 0.15) is 22.3 Å². The summed E-state index contributed by atoms with van der Waals surface area (Å²) in [5.41, 5.74) is 3.95. The molecule has 0 saturated carbocycles. The Morgan fingerprint density at radius 3 is 2.38 bits per heavy atom. The molecule has 0 aliphatic rings. The van der Waals surface area contributed by atoms with Gasteiger partial charge in [0.05, 0.1) is 4.90 Å². The molecule has 2 aromatic carbocycles. The standard InChI is InChI=1S/C20H22N2O3S/c1-13-5-7-19(15(3)10-13)26(24,25)21-9-8-17-12-16-6-4-14(2)11-18(16)22-20(17)23/h4-7,10-12,21H,8-9H2,1-3H3,(H,22,23). The van der Waals surface area contributed by atoms with E-state index in [9.17, 15) is 13.2 Å². The minimum absolute atomic E-state index is 0.163. The van der Waals surface area contributed by atoms with Crippen molar-refractivity contribution < 1.29 is 8.42 Å². The summed E-state index contributed by atoms with van der Waals surface area (Å²) in [4.78, 5) is 15.4. The van der Waals surface area contributed by atoms with Crippen LogP contribution in [-0.4, -0.2) is 19.9 Å². The van der Waals surface area contributed by atoms with E-state index in [0.29, 0.717) is 17.5 Å². The van der Waals surface area contributed by atoms with Gasteiger partial charge in [-0.05, 0) is 61.9 Å². The quantitative estimate of drug-likeness (QED) is 0.725. The number of aryl methyl sites for hydroxylation is 3. The van der Waals surface area contributed by atoms with Gasteiger partial charge in [-0.15, -0.1) is 0 Å². The van der Waals surface area contributed by atoms with E-state index < -0.39 is 10.0 Å². The molecule has 0 aliphatic heterocycles. The predicted molar refractivity (Wildman–Crippen MR) is 104 cm³/mol. The molecule has 0 atom stereocenters. The fraction of sp³-hybridized carbons (Fsp3) is 0.250. The van der Waals surface area contributed by atoms with Crippen molar-refractivity contribution >= 4 is 20.9 Å². The molecule has 0 spiro atoms. The number of rotatable bonds is 5. The SMILES string of the molecule is Cc1ccc(S(=O)(=O)NCCc2cc3ccc(C)cc3[nH]c2=O)c(C)c1. The van der Waals surface area contributed by atoms with Crippen molar-refractivity contribution in [2.24, 2.45) is 0 Å². The Balaban J connectivity index is 1.77. The molecule has 6 heteroatoms. The van der Waals surface area contributed by atoms with Crippen molar-refractivity contribution in [3.63, 3.8) is 0 Å². The highest BCUT2D eigenvalue weighted by Crippen LogP contribution is 2.16. The van der Waals surface area contributed by atoms with Gasteiger partial charge in [-0.3, -0.25) is 4.79 Å². The van der Waals surface area contributed by atoms with Crippen molar-refractivity contribution in [3.05, 3.63) is 75.1 Å². The summed E-state index contributed by atoms with van der Waals surface area (Å²) >= 11 is 0. The van der Waals surface area contributed by atoms with Crippen LogP contribution >= 0.6 is 0 Å². The van der Waals surface area contributed by atoms with Gasteiger partial charge in [0, 0.05) is 17.6 Å². The zero-order chi connectivity index (χ0) is 18.9. The molecule has 3 rings (SSSR count). The van der Waals surface area contributed by atoms with Crippen LogP contribution in [0.3, 0.4) is 0 Å². The lowest BCUT2D eigenvalue weighted by Crippen LogP contribution is -2.28. The highest BCUT2D eigenvalue weighted by Gasteiger charge is 2.16. The highest BCUT2D eigenvalue weighted by atomic mass is 32.2. The number of hydrogen-bond donors (Lipinski definition) is 2. The van der Waals surface area contributed by atoms with Crippen LogP contribution in [0.5, 0.6) is 0 Å². The summed E-state index contributed by atoms with van der Waals surface area (Å²) in [5, 5.41) is 0.933. The largest absolute Gasteiger partial charge is 0.322 e. The minimum Gasteiger partial charge on any atom is -0.322 e. The number of nitrogens with one attached hydrogen (secondary N) is 2. The first-order valence-corrected chi connectivity index (χ1v) is 9.94. The second-order valence-electron chi connectivity index (χ2n) is 6.63. The third kappa shape index (κ3) is 3.86. The zero-order valence-electron chi connectivity index (χ0n) is 15.1. The van der Waals surface area contributed by atoms with Crippen LogP contribution in [0.25, 0.3) is 10.9 Å². The minimum atomic E-state index is -3.60. The van der Waals surface area contributed by atoms with Crippen molar-refractivity contribution in [1.29, 1.82) is 0 Å². The molecule has 0 fully saturated rings. The van der Waals surface area contributed by atoms with Crippen molar-refractivity contribution in [3.8, 4) is 0 Å². The van der Waals surface area contributed by atoms with Crippen LogP contribution in [0, 0.1) is 20.8 Å². The van der Waals surface area contributed by atoms with Crippen LogP contribution < -0.4 is 10.3 Å². The molecule has 0 amide bonds. The Labute approximate surface area is 153 Å². The first-order valence-electron chi connectivity index (χ1n) is 8.46. The second kappa shape index (κ2) is 7.05. The van der Waals surface area contributed by atoms with Crippen molar-refractivity contribution in [2.45, 2.75) is 32.1 Å². The first-order chi connectivity index (χ1) is 12.3. The molecule has 1 aromatic heterocycles. The maximum atomic E-state index is 12.5. The molecular weight excluding hydrogens is 348 g/mol. The van der Waals surface area contributed by atoms with Gasteiger partial charge in [-0.2, -0.15) is 0 Å². The molecule has 136 valence electrons. The molecular formula is C20H22N2O3S. The molecule has 2 N–H and O–H groups in total. The number of sulfonamides is 1. The van der Waals surface area contributed by atoms with E-state index in [1.165, 1.54) is 0 Å². The Morgan fingerprint density at radius 1 is 0.962 bits per heavy atom. The maximum absolute atomic E-state index is 12.5. The van der Waals surface area contributed by atoms with Gasteiger partial charge in [0.1, 0.15) is 0 Å². The third-order valence-corrected chi connectivity index (χ3v) is 6.01. The summed E-state index contributed by atoms with van der Waals surface area (Å²) in [6.45, 7) is 5.82. The van der Waals surface area contributed by atoms with E-state index in [4.69, 9.17) is 0 Å². The molecule has 0 radical (unpaired) electrons. The molecule has 0 unspecified atom stereocenters. The predicted octanol–water partition coefficient (Wildman–Crippen LogP) is 2.97. The van der Waals surface area contributed by atoms with Gasteiger partial charge in [0.2, 0.25) is 10.0 Å². The van der Waals surface area contributed by atoms with E-state index in [0.717, 1.165) is 22.0 Å². The molecule has 0 saturated heterocycles. The number of hydrogen-bond acceptors (Lipinski definition) is 3. The van der Waals surface area contributed by atoms with E-state index in [1.807, 2.05) is 44.2 Å².